The standard InChI is InChI=1S/C20H32N2O/c1-4-22(5-2,6-3)16-17-12-13-20(23)18(14-17)15-21-19-10-8-7-9-11-19/h12-15,19H,4-11,16H2,1-3H3/p+1. The molecule has 1 saturated carbocycles. The summed E-state index contributed by atoms with van der Waals surface area (Å²) in [4.78, 5) is 4.72. The van der Waals surface area contributed by atoms with Crippen LogP contribution in [-0.4, -0.2) is 41.5 Å². The van der Waals surface area contributed by atoms with Crippen LogP contribution >= 0.6 is 0 Å². The van der Waals surface area contributed by atoms with Crippen LogP contribution < -0.4 is 0 Å². The first-order valence-corrected chi connectivity index (χ1v) is 9.32. The fourth-order valence-corrected chi connectivity index (χ4v) is 3.62. The highest BCUT2D eigenvalue weighted by Gasteiger charge is 2.21. The second-order valence-corrected chi connectivity index (χ2v) is 6.91. The van der Waals surface area contributed by atoms with Crippen molar-refractivity contribution in [3.63, 3.8) is 0 Å². The number of aromatic hydroxyl groups is 1. The van der Waals surface area contributed by atoms with Crippen molar-refractivity contribution >= 4 is 6.21 Å². The summed E-state index contributed by atoms with van der Waals surface area (Å²) in [6, 6.07) is 6.45. The molecule has 1 aromatic rings. The molecule has 0 heterocycles. The third-order valence-corrected chi connectivity index (χ3v) is 5.62. The normalized spacial score (nSPS) is 17.0. The van der Waals surface area contributed by atoms with Gasteiger partial charge >= 0.3 is 0 Å². The summed E-state index contributed by atoms with van der Waals surface area (Å²) in [5.74, 6) is 0.343. The topological polar surface area (TPSA) is 32.6 Å². The number of phenolic OH excluding ortho intramolecular Hbond substituents is 1. The summed E-state index contributed by atoms with van der Waals surface area (Å²) in [6.07, 6.45) is 8.21. The van der Waals surface area contributed by atoms with E-state index in [0.29, 0.717) is 11.8 Å². The van der Waals surface area contributed by atoms with Gasteiger partial charge in [-0.25, -0.2) is 0 Å². The zero-order chi connectivity index (χ0) is 16.7. The minimum absolute atomic E-state index is 0.343. The number of phenols is 1. The Hall–Kier alpha value is -1.35. The van der Waals surface area contributed by atoms with Crippen LogP contribution in [-0.2, 0) is 6.54 Å². The molecule has 23 heavy (non-hydrogen) atoms. The van der Waals surface area contributed by atoms with Gasteiger partial charge in [-0.15, -0.1) is 0 Å². The number of hydrogen-bond acceptors (Lipinski definition) is 2. The van der Waals surface area contributed by atoms with Crippen LogP contribution in [0.5, 0.6) is 5.75 Å². The Balaban J connectivity index is 2.13. The van der Waals surface area contributed by atoms with Crippen molar-refractivity contribution in [2.45, 2.75) is 65.5 Å². The van der Waals surface area contributed by atoms with E-state index in [1.165, 1.54) is 37.7 Å². The van der Waals surface area contributed by atoms with Crippen molar-refractivity contribution in [3.8, 4) is 5.75 Å². The molecule has 1 aliphatic carbocycles. The molecule has 0 unspecified atom stereocenters. The van der Waals surface area contributed by atoms with Gasteiger partial charge in [0.2, 0.25) is 0 Å². The molecule has 0 atom stereocenters. The number of benzene rings is 1. The molecule has 0 saturated heterocycles. The van der Waals surface area contributed by atoms with Gasteiger partial charge in [-0.2, -0.15) is 0 Å². The van der Waals surface area contributed by atoms with Gasteiger partial charge in [0.25, 0.3) is 0 Å². The smallest absolute Gasteiger partial charge is 0.124 e. The van der Waals surface area contributed by atoms with Crippen LogP contribution in [0.1, 0.15) is 64.0 Å². The van der Waals surface area contributed by atoms with E-state index >= 15 is 0 Å². The number of aliphatic imine (C=N–C) groups is 1. The van der Waals surface area contributed by atoms with Gasteiger partial charge in [-0.3, -0.25) is 4.99 Å². The summed E-state index contributed by atoms with van der Waals surface area (Å²) < 4.78 is 1.09. The lowest BCUT2D eigenvalue weighted by atomic mass is 9.96. The highest BCUT2D eigenvalue weighted by molar-refractivity contribution is 5.83. The van der Waals surface area contributed by atoms with Crippen LogP contribution in [0.15, 0.2) is 23.2 Å². The maximum atomic E-state index is 10.1. The summed E-state index contributed by atoms with van der Waals surface area (Å²) >= 11 is 0. The van der Waals surface area contributed by atoms with Crippen molar-refractivity contribution in [1.82, 2.24) is 0 Å². The largest absolute Gasteiger partial charge is 0.507 e. The molecule has 0 amide bonds. The van der Waals surface area contributed by atoms with Crippen LogP contribution in [0, 0.1) is 0 Å². The minimum atomic E-state index is 0.343. The third-order valence-electron chi connectivity index (χ3n) is 5.62. The predicted molar refractivity (Wildman–Crippen MR) is 98.2 cm³/mol. The van der Waals surface area contributed by atoms with Crippen LogP contribution in [0.25, 0.3) is 0 Å². The van der Waals surface area contributed by atoms with E-state index in [2.05, 4.69) is 32.9 Å². The van der Waals surface area contributed by atoms with E-state index in [-0.39, 0.29) is 0 Å². The van der Waals surface area contributed by atoms with Gasteiger partial charge < -0.3 is 9.59 Å². The molecule has 1 fully saturated rings. The molecule has 0 aliphatic heterocycles. The van der Waals surface area contributed by atoms with Crippen molar-refractivity contribution in [2.75, 3.05) is 19.6 Å². The first-order valence-electron chi connectivity index (χ1n) is 9.32. The SMILES string of the molecule is CC[N+](CC)(CC)Cc1ccc(O)c(C=NC2CCCCC2)c1. The molecule has 0 spiro atoms. The molecule has 3 nitrogen and oxygen atoms in total. The summed E-state index contributed by atoms with van der Waals surface area (Å²) in [5.41, 5.74) is 2.16. The lowest BCUT2D eigenvalue weighted by Gasteiger charge is -2.36. The molecular formula is C20H33N2O+. The van der Waals surface area contributed by atoms with Crippen molar-refractivity contribution in [1.29, 1.82) is 0 Å². The summed E-state index contributed by atoms with van der Waals surface area (Å²) in [6.45, 7) is 11.2. The number of quaternary nitrogens is 1. The van der Waals surface area contributed by atoms with Gasteiger partial charge in [0.05, 0.1) is 19.6 Å². The fourth-order valence-electron chi connectivity index (χ4n) is 3.62. The van der Waals surface area contributed by atoms with Crippen molar-refractivity contribution in [3.05, 3.63) is 29.3 Å². The molecule has 2 rings (SSSR count). The molecule has 3 heteroatoms. The molecular weight excluding hydrogens is 284 g/mol. The monoisotopic (exact) mass is 317 g/mol. The summed E-state index contributed by atoms with van der Waals surface area (Å²) in [5, 5.41) is 10.1. The average molecular weight is 317 g/mol. The molecule has 1 aromatic carbocycles. The van der Waals surface area contributed by atoms with Gasteiger partial charge in [-0.05, 0) is 51.8 Å². The van der Waals surface area contributed by atoms with Crippen LogP contribution in [0.2, 0.25) is 0 Å². The number of rotatable bonds is 7. The van der Waals surface area contributed by atoms with Gasteiger partial charge in [0, 0.05) is 23.4 Å². The Labute approximate surface area is 141 Å². The Kier molecular flexibility index (Phi) is 6.64. The number of hydrogen-bond donors (Lipinski definition) is 1. The Morgan fingerprint density at radius 3 is 2.35 bits per heavy atom. The molecule has 0 bridgehead atoms. The van der Waals surface area contributed by atoms with Crippen molar-refractivity contribution in [2.24, 2.45) is 4.99 Å². The van der Waals surface area contributed by atoms with Crippen molar-refractivity contribution < 1.29 is 9.59 Å². The van der Waals surface area contributed by atoms with E-state index in [0.717, 1.165) is 36.2 Å². The lowest BCUT2D eigenvalue weighted by molar-refractivity contribution is -0.936. The molecule has 0 aromatic heterocycles. The molecule has 1 aliphatic rings. The number of nitrogens with zero attached hydrogens (tertiary/aromatic N) is 2. The van der Waals surface area contributed by atoms with E-state index in [9.17, 15) is 5.11 Å². The molecule has 1 N–H and O–H groups in total. The maximum Gasteiger partial charge on any atom is 0.124 e. The molecule has 0 radical (unpaired) electrons. The van der Waals surface area contributed by atoms with Crippen LogP contribution in [0.3, 0.4) is 0 Å². The Morgan fingerprint density at radius 2 is 1.74 bits per heavy atom. The van der Waals surface area contributed by atoms with E-state index in [1.54, 1.807) is 0 Å². The van der Waals surface area contributed by atoms with Gasteiger partial charge in [0.1, 0.15) is 12.3 Å². The Bertz CT molecular complexity index is 506. The second kappa shape index (κ2) is 8.49. The van der Waals surface area contributed by atoms with E-state index < -0.39 is 0 Å². The first kappa shape index (κ1) is 18.0. The first-order chi connectivity index (χ1) is 11.1. The van der Waals surface area contributed by atoms with Gasteiger partial charge in [0.15, 0.2) is 0 Å². The van der Waals surface area contributed by atoms with Gasteiger partial charge in [-0.1, -0.05) is 19.3 Å². The van der Waals surface area contributed by atoms with E-state index in [4.69, 9.17) is 4.99 Å². The average Bonchev–Trinajstić information content (AvgIpc) is 2.61. The zero-order valence-electron chi connectivity index (χ0n) is 15.1. The zero-order valence-corrected chi connectivity index (χ0v) is 15.1. The quantitative estimate of drug-likeness (QED) is 0.582. The summed E-state index contributed by atoms with van der Waals surface area (Å²) in [7, 11) is 0. The maximum absolute atomic E-state index is 10.1. The third kappa shape index (κ3) is 4.81. The molecule has 128 valence electrons. The Morgan fingerprint density at radius 1 is 1.09 bits per heavy atom. The van der Waals surface area contributed by atoms with E-state index in [1.807, 2.05) is 12.3 Å². The fraction of sp³-hybridized carbons (Fsp3) is 0.650. The highest BCUT2D eigenvalue weighted by Crippen LogP contribution is 2.23. The predicted octanol–water partition coefficient (Wildman–Crippen LogP) is 4.52. The second-order valence-electron chi connectivity index (χ2n) is 6.91. The lowest BCUT2D eigenvalue weighted by Crippen LogP contribution is -2.46. The highest BCUT2D eigenvalue weighted by atomic mass is 16.3. The van der Waals surface area contributed by atoms with Crippen LogP contribution in [0.4, 0.5) is 0 Å². The minimum Gasteiger partial charge on any atom is -0.507 e.